The lowest BCUT2D eigenvalue weighted by Crippen LogP contribution is -2.34. The van der Waals surface area contributed by atoms with E-state index in [0.717, 1.165) is 23.0 Å². The Labute approximate surface area is 115 Å². The second-order valence-corrected chi connectivity index (χ2v) is 5.81. The molecule has 4 heteroatoms. The van der Waals surface area contributed by atoms with Crippen molar-refractivity contribution in [3.05, 3.63) is 33.3 Å². The number of aliphatic hydroxyl groups is 1. The van der Waals surface area contributed by atoms with E-state index in [1.165, 1.54) is 19.3 Å². The third-order valence-electron chi connectivity index (χ3n) is 3.26. The van der Waals surface area contributed by atoms with Gasteiger partial charge in [-0.1, -0.05) is 40.4 Å². The van der Waals surface area contributed by atoms with Crippen LogP contribution >= 0.6 is 27.5 Å². The van der Waals surface area contributed by atoms with Crippen LogP contribution in [-0.2, 0) is 0 Å². The third-order valence-corrected chi connectivity index (χ3v) is 4.21. The van der Waals surface area contributed by atoms with Crippen LogP contribution in [0.25, 0.3) is 0 Å². The molecular formula is C13H17BrClNO. The zero-order valence-corrected chi connectivity index (χ0v) is 12.0. The molecule has 2 rings (SSSR count). The average Bonchev–Trinajstić information content (AvgIpc) is 2.60. The maximum atomic E-state index is 10.4. The Balaban J connectivity index is 2.16. The molecular weight excluding hydrogens is 302 g/mol. The Bertz CT molecular complexity index is 378. The summed E-state index contributed by atoms with van der Waals surface area (Å²) in [5.74, 6) is 0. The van der Waals surface area contributed by atoms with Crippen LogP contribution in [0.3, 0.4) is 0 Å². The number of rotatable bonds is 2. The second-order valence-electron chi connectivity index (χ2n) is 4.52. The molecule has 1 aliphatic heterocycles. The van der Waals surface area contributed by atoms with Gasteiger partial charge in [0, 0.05) is 15.5 Å². The van der Waals surface area contributed by atoms with Crippen LogP contribution in [0.5, 0.6) is 0 Å². The van der Waals surface area contributed by atoms with Gasteiger partial charge in [-0.15, -0.1) is 0 Å². The average molecular weight is 319 g/mol. The van der Waals surface area contributed by atoms with E-state index in [0.29, 0.717) is 5.02 Å². The zero-order chi connectivity index (χ0) is 12.3. The summed E-state index contributed by atoms with van der Waals surface area (Å²) in [5, 5.41) is 14.5. The summed E-state index contributed by atoms with van der Waals surface area (Å²) in [6.07, 6.45) is 4.13. The van der Waals surface area contributed by atoms with Gasteiger partial charge in [-0.2, -0.15) is 0 Å². The van der Waals surface area contributed by atoms with Gasteiger partial charge in [0.05, 0.1) is 6.10 Å². The van der Waals surface area contributed by atoms with E-state index in [9.17, 15) is 5.11 Å². The van der Waals surface area contributed by atoms with Crippen molar-refractivity contribution in [3.8, 4) is 0 Å². The monoisotopic (exact) mass is 317 g/mol. The van der Waals surface area contributed by atoms with Gasteiger partial charge in [0.1, 0.15) is 0 Å². The molecule has 0 aliphatic carbocycles. The summed E-state index contributed by atoms with van der Waals surface area (Å²) in [5.41, 5.74) is 0.872. The first kappa shape index (κ1) is 13.3. The fourth-order valence-electron chi connectivity index (χ4n) is 2.28. The van der Waals surface area contributed by atoms with Crippen LogP contribution in [0.4, 0.5) is 0 Å². The van der Waals surface area contributed by atoms with Crippen molar-refractivity contribution in [1.29, 1.82) is 0 Å². The Hall–Kier alpha value is -0.0900. The highest BCUT2D eigenvalue weighted by atomic mass is 79.9. The number of halogens is 2. The van der Waals surface area contributed by atoms with Crippen molar-refractivity contribution < 1.29 is 5.11 Å². The summed E-state index contributed by atoms with van der Waals surface area (Å²) in [6, 6.07) is 5.68. The molecule has 2 N–H and O–H groups in total. The molecule has 1 aromatic rings. The second kappa shape index (κ2) is 6.19. The van der Waals surface area contributed by atoms with Gasteiger partial charge in [0.25, 0.3) is 0 Å². The van der Waals surface area contributed by atoms with E-state index in [1.54, 1.807) is 0 Å². The molecule has 1 fully saturated rings. The smallest absolute Gasteiger partial charge is 0.0954 e. The Morgan fingerprint density at radius 1 is 1.35 bits per heavy atom. The summed E-state index contributed by atoms with van der Waals surface area (Å²) in [6.45, 7) is 0.986. The van der Waals surface area contributed by atoms with E-state index < -0.39 is 6.10 Å². The summed E-state index contributed by atoms with van der Waals surface area (Å²) >= 11 is 9.45. The first-order valence-corrected chi connectivity index (χ1v) is 7.22. The van der Waals surface area contributed by atoms with Crippen molar-refractivity contribution in [3.63, 3.8) is 0 Å². The van der Waals surface area contributed by atoms with E-state index in [4.69, 9.17) is 11.6 Å². The molecule has 1 aromatic carbocycles. The van der Waals surface area contributed by atoms with E-state index in [-0.39, 0.29) is 6.04 Å². The minimum absolute atomic E-state index is 0.132. The van der Waals surface area contributed by atoms with E-state index >= 15 is 0 Å². The first-order chi connectivity index (χ1) is 8.18. The fraction of sp³-hybridized carbons (Fsp3) is 0.538. The van der Waals surface area contributed by atoms with Gasteiger partial charge < -0.3 is 10.4 Å². The number of hydrogen-bond donors (Lipinski definition) is 2. The molecule has 0 saturated carbocycles. The highest BCUT2D eigenvalue weighted by molar-refractivity contribution is 9.10. The van der Waals surface area contributed by atoms with Crippen LogP contribution in [0.2, 0.25) is 5.02 Å². The summed E-state index contributed by atoms with van der Waals surface area (Å²) in [7, 11) is 0. The molecule has 2 unspecified atom stereocenters. The number of hydrogen-bond acceptors (Lipinski definition) is 2. The maximum Gasteiger partial charge on any atom is 0.0954 e. The van der Waals surface area contributed by atoms with Gasteiger partial charge in [0.2, 0.25) is 0 Å². The number of benzene rings is 1. The Kier molecular flexibility index (Phi) is 4.86. The van der Waals surface area contributed by atoms with Crippen LogP contribution in [0.1, 0.15) is 37.4 Å². The SMILES string of the molecule is OC(c1cc(Cl)ccc1Br)C1CCCCCN1. The normalized spacial score (nSPS) is 23.1. The largest absolute Gasteiger partial charge is 0.387 e. The molecule has 2 nitrogen and oxygen atoms in total. The minimum Gasteiger partial charge on any atom is -0.387 e. The van der Waals surface area contributed by atoms with E-state index in [2.05, 4.69) is 21.2 Å². The summed E-state index contributed by atoms with van der Waals surface area (Å²) < 4.78 is 0.917. The molecule has 94 valence electrons. The van der Waals surface area contributed by atoms with Crippen molar-refractivity contribution in [2.75, 3.05) is 6.54 Å². The third kappa shape index (κ3) is 3.44. The van der Waals surface area contributed by atoms with Gasteiger partial charge in [-0.05, 0) is 43.1 Å². The standard InChI is InChI=1S/C13H17BrClNO/c14-11-6-5-9(15)8-10(11)13(17)12-4-2-1-3-7-16-12/h5-6,8,12-13,16-17H,1-4,7H2. The van der Waals surface area contributed by atoms with Gasteiger partial charge in [-0.3, -0.25) is 0 Å². The topological polar surface area (TPSA) is 32.3 Å². The zero-order valence-electron chi connectivity index (χ0n) is 9.63. The minimum atomic E-state index is -0.499. The van der Waals surface area contributed by atoms with Crippen LogP contribution in [0, 0.1) is 0 Å². The predicted octanol–water partition coefficient (Wildman–Crippen LogP) is 3.67. The summed E-state index contributed by atoms with van der Waals surface area (Å²) in [4.78, 5) is 0. The fourth-order valence-corrected chi connectivity index (χ4v) is 2.94. The molecule has 1 aliphatic rings. The lowest BCUT2D eigenvalue weighted by molar-refractivity contribution is 0.125. The van der Waals surface area contributed by atoms with Crippen LogP contribution < -0.4 is 5.32 Å². The highest BCUT2D eigenvalue weighted by Crippen LogP contribution is 2.30. The lowest BCUT2D eigenvalue weighted by Gasteiger charge is -2.23. The predicted molar refractivity (Wildman–Crippen MR) is 74.4 cm³/mol. The maximum absolute atomic E-state index is 10.4. The molecule has 2 atom stereocenters. The van der Waals surface area contributed by atoms with Crippen molar-refractivity contribution in [1.82, 2.24) is 5.32 Å². The van der Waals surface area contributed by atoms with E-state index in [1.807, 2.05) is 18.2 Å². The first-order valence-electron chi connectivity index (χ1n) is 6.05. The quantitative estimate of drug-likeness (QED) is 0.872. The molecule has 1 heterocycles. The van der Waals surface area contributed by atoms with Crippen molar-refractivity contribution >= 4 is 27.5 Å². The Morgan fingerprint density at radius 3 is 3.00 bits per heavy atom. The number of nitrogens with one attached hydrogen (secondary N) is 1. The molecule has 0 bridgehead atoms. The van der Waals surface area contributed by atoms with Gasteiger partial charge >= 0.3 is 0 Å². The number of aliphatic hydroxyl groups excluding tert-OH is 1. The molecule has 0 aromatic heterocycles. The van der Waals surface area contributed by atoms with Crippen LogP contribution in [-0.4, -0.2) is 17.7 Å². The molecule has 17 heavy (non-hydrogen) atoms. The molecule has 0 amide bonds. The Morgan fingerprint density at radius 2 is 2.18 bits per heavy atom. The lowest BCUT2D eigenvalue weighted by atomic mass is 9.98. The van der Waals surface area contributed by atoms with Crippen molar-refractivity contribution in [2.24, 2.45) is 0 Å². The molecule has 1 saturated heterocycles. The highest BCUT2D eigenvalue weighted by Gasteiger charge is 2.23. The van der Waals surface area contributed by atoms with Crippen molar-refractivity contribution in [2.45, 2.75) is 37.8 Å². The van der Waals surface area contributed by atoms with Gasteiger partial charge in [-0.25, -0.2) is 0 Å². The van der Waals surface area contributed by atoms with Gasteiger partial charge in [0.15, 0.2) is 0 Å². The molecule has 0 radical (unpaired) electrons. The van der Waals surface area contributed by atoms with Crippen LogP contribution in [0.15, 0.2) is 22.7 Å². The molecule has 0 spiro atoms.